The Morgan fingerprint density at radius 3 is 2.83 bits per heavy atom. The van der Waals surface area contributed by atoms with E-state index in [2.05, 4.69) is 20.8 Å². The predicted octanol–water partition coefficient (Wildman–Crippen LogP) is 2.84. The van der Waals surface area contributed by atoms with Gasteiger partial charge in [0.15, 0.2) is 0 Å². The van der Waals surface area contributed by atoms with Crippen molar-refractivity contribution in [2.75, 3.05) is 11.1 Å². The number of para-hydroxylation sites is 1. The van der Waals surface area contributed by atoms with Gasteiger partial charge in [-0.3, -0.25) is 4.79 Å². The van der Waals surface area contributed by atoms with Gasteiger partial charge in [-0.05, 0) is 47.2 Å². The van der Waals surface area contributed by atoms with E-state index in [4.69, 9.17) is 0 Å². The van der Waals surface area contributed by atoms with Crippen molar-refractivity contribution in [3.8, 4) is 5.69 Å². The number of thioether (sulfide) groups is 1. The highest BCUT2D eigenvalue weighted by molar-refractivity contribution is 7.99. The highest BCUT2D eigenvalue weighted by atomic mass is 32.2. The van der Waals surface area contributed by atoms with Crippen molar-refractivity contribution >= 4 is 23.4 Å². The molecular formula is C16H14FN5OS. The molecule has 3 rings (SSSR count). The van der Waals surface area contributed by atoms with Crippen LogP contribution < -0.4 is 5.32 Å². The third kappa shape index (κ3) is 3.77. The standard InChI is InChI=1S/C16H14FN5OS/c1-11-7-8-12(17)9-14(11)18-15(23)10-24-16-19-20-21-22(16)13-5-3-2-4-6-13/h2-9H,10H2,1H3,(H,18,23). The van der Waals surface area contributed by atoms with Crippen molar-refractivity contribution in [1.29, 1.82) is 0 Å². The maximum absolute atomic E-state index is 13.3. The molecule has 0 saturated heterocycles. The Bertz CT molecular complexity index is 853. The van der Waals surface area contributed by atoms with Gasteiger partial charge in [-0.15, -0.1) is 5.10 Å². The number of hydrogen-bond donors (Lipinski definition) is 1. The predicted molar refractivity (Wildman–Crippen MR) is 89.6 cm³/mol. The zero-order chi connectivity index (χ0) is 16.9. The number of tetrazole rings is 1. The molecule has 122 valence electrons. The molecule has 1 heterocycles. The average molecular weight is 343 g/mol. The first-order valence-electron chi connectivity index (χ1n) is 7.16. The van der Waals surface area contributed by atoms with Gasteiger partial charge >= 0.3 is 0 Å². The maximum atomic E-state index is 13.3. The number of aromatic nitrogens is 4. The number of aryl methyl sites for hydroxylation is 1. The van der Waals surface area contributed by atoms with E-state index >= 15 is 0 Å². The van der Waals surface area contributed by atoms with Crippen molar-refractivity contribution in [2.24, 2.45) is 0 Å². The summed E-state index contributed by atoms with van der Waals surface area (Å²) in [5.74, 6) is -0.531. The Balaban J connectivity index is 1.65. The molecule has 0 fully saturated rings. The summed E-state index contributed by atoms with van der Waals surface area (Å²) < 4.78 is 14.8. The third-order valence-electron chi connectivity index (χ3n) is 3.25. The van der Waals surface area contributed by atoms with Gasteiger partial charge in [-0.2, -0.15) is 4.68 Å². The summed E-state index contributed by atoms with van der Waals surface area (Å²) in [6.07, 6.45) is 0. The first-order chi connectivity index (χ1) is 11.6. The monoisotopic (exact) mass is 343 g/mol. The summed E-state index contributed by atoms with van der Waals surface area (Å²) in [5, 5.41) is 14.7. The Labute approximate surface area is 142 Å². The molecule has 0 unspecified atom stereocenters. The van der Waals surface area contributed by atoms with Crippen molar-refractivity contribution in [2.45, 2.75) is 12.1 Å². The lowest BCUT2D eigenvalue weighted by molar-refractivity contribution is -0.113. The summed E-state index contributed by atoms with van der Waals surface area (Å²) in [5.41, 5.74) is 2.07. The normalized spacial score (nSPS) is 10.6. The summed E-state index contributed by atoms with van der Waals surface area (Å²) in [4.78, 5) is 12.1. The van der Waals surface area contributed by atoms with Gasteiger partial charge in [0, 0.05) is 5.69 Å². The van der Waals surface area contributed by atoms with Crippen molar-refractivity contribution < 1.29 is 9.18 Å². The molecule has 0 spiro atoms. The largest absolute Gasteiger partial charge is 0.325 e. The van der Waals surface area contributed by atoms with E-state index in [1.807, 2.05) is 30.3 Å². The van der Waals surface area contributed by atoms with E-state index < -0.39 is 5.82 Å². The van der Waals surface area contributed by atoms with E-state index in [1.165, 1.54) is 23.9 Å². The number of rotatable bonds is 5. The molecule has 2 aromatic carbocycles. The van der Waals surface area contributed by atoms with Crippen LogP contribution in [0.1, 0.15) is 5.56 Å². The Kier molecular flexibility index (Phi) is 4.85. The van der Waals surface area contributed by atoms with Crippen LogP contribution in [0.25, 0.3) is 5.69 Å². The number of carbonyl (C=O) groups is 1. The van der Waals surface area contributed by atoms with Crippen LogP contribution in [0.2, 0.25) is 0 Å². The minimum atomic E-state index is -0.392. The molecule has 1 aromatic heterocycles. The molecule has 0 bridgehead atoms. The highest BCUT2D eigenvalue weighted by Gasteiger charge is 2.12. The van der Waals surface area contributed by atoms with Crippen molar-refractivity contribution in [1.82, 2.24) is 20.2 Å². The Morgan fingerprint density at radius 1 is 1.25 bits per heavy atom. The van der Waals surface area contributed by atoms with Crippen LogP contribution in [0.15, 0.2) is 53.7 Å². The lowest BCUT2D eigenvalue weighted by atomic mass is 10.2. The maximum Gasteiger partial charge on any atom is 0.234 e. The van der Waals surface area contributed by atoms with Gasteiger partial charge < -0.3 is 5.32 Å². The van der Waals surface area contributed by atoms with Crippen molar-refractivity contribution in [3.05, 3.63) is 59.9 Å². The van der Waals surface area contributed by atoms with E-state index in [1.54, 1.807) is 17.7 Å². The van der Waals surface area contributed by atoms with Gasteiger partial charge in [0.25, 0.3) is 0 Å². The zero-order valence-corrected chi connectivity index (χ0v) is 13.6. The number of halogens is 1. The first-order valence-corrected chi connectivity index (χ1v) is 8.14. The van der Waals surface area contributed by atoms with E-state index in [0.717, 1.165) is 11.3 Å². The van der Waals surface area contributed by atoms with Crippen LogP contribution in [0.3, 0.4) is 0 Å². The van der Waals surface area contributed by atoms with Crippen LogP contribution in [-0.4, -0.2) is 31.9 Å². The molecular weight excluding hydrogens is 329 g/mol. The molecule has 6 nitrogen and oxygen atoms in total. The van der Waals surface area contributed by atoms with Crippen LogP contribution in [-0.2, 0) is 4.79 Å². The van der Waals surface area contributed by atoms with E-state index in [-0.39, 0.29) is 11.7 Å². The fraction of sp³-hybridized carbons (Fsp3) is 0.125. The molecule has 8 heteroatoms. The van der Waals surface area contributed by atoms with Crippen LogP contribution in [0.4, 0.5) is 10.1 Å². The quantitative estimate of drug-likeness (QED) is 0.721. The summed E-state index contributed by atoms with van der Waals surface area (Å²) in [6.45, 7) is 1.80. The second kappa shape index (κ2) is 7.22. The van der Waals surface area contributed by atoms with Gasteiger partial charge in [-0.25, -0.2) is 4.39 Å². The summed E-state index contributed by atoms with van der Waals surface area (Å²) >= 11 is 1.21. The second-order valence-electron chi connectivity index (χ2n) is 5.00. The van der Waals surface area contributed by atoms with Crippen molar-refractivity contribution in [3.63, 3.8) is 0 Å². The minimum absolute atomic E-state index is 0.114. The topological polar surface area (TPSA) is 72.7 Å². The molecule has 1 amide bonds. The second-order valence-corrected chi connectivity index (χ2v) is 5.95. The van der Waals surface area contributed by atoms with Gasteiger partial charge in [0.1, 0.15) is 5.82 Å². The molecule has 0 atom stereocenters. The number of benzene rings is 2. The average Bonchev–Trinajstić information content (AvgIpc) is 3.06. The lowest BCUT2D eigenvalue weighted by Crippen LogP contribution is -2.15. The van der Waals surface area contributed by atoms with Crippen LogP contribution in [0, 0.1) is 12.7 Å². The molecule has 0 aliphatic carbocycles. The van der Waals surface area contributed by atoms with E-state index in [9.17, 15) is 9.18 Å². The van der Waals surface area contributed by atoms with Crippen LogP contribution >= 0.6 is 11.8 Å². The number of carbonyl (C=O) groups excluding carboxylic acids is 1. The molecule has 0 aliphatic rings. The Morgan fingerprint density at radius 2 is 2.04 bits per heavy atom. The third-order valence-corrected chi connectivity index (χ3v) is 4.17. The molecule has 3 aromatic rings. The highest BCUT2D eigenvalue weighted by Crippen LogP contribution is 2.20. The number of amides is 1. The van der Waals surface area contributed by atoms with Gasteiger partial charge in [0.05, 0.1) is 11.4 Å². The number of hydrogen-bond acceptors (Lipinski definition) is 5. The van der Waals surface area contributed by atoms with E-state index in [0.29, 0.717) is 10.8 Å². The number of nitrogens with zero attached hydrogens (tertiary/aromatic N) is 4. The lowest BCUT2D eigenvalue weighted by Gasteiger charge is -2.08. The molecule has 0 radical (unpaired) electrons. The van der Waals surface area contributed by atoms with Gasteiger partial charge in [0.2, 0.25) is 11.1 Å². The Hall–Kier alpha value is -2.74. The molecule has 0 aliphatic heterocycles. The number of nitrogens with one attached hydrogen (secondary N) is 1. The number of anilines is 1. The molecule has 1 N–H and O–H groups in total. The summed E-state index contributed by atoms with van der Waals surface area (Å²) in [6, 6.07) is 13.7. The fourth-order valence-electron chi connectivity index (χ4n) is 2.05. The fourth-order valence-corrected chi connectivity index (χ4v) is 2.74. The first kappa shape index (κ1) is 16.1. The molecule has 24 heavy (non-hydrogen) atoms. The SMILES string of the molecule is Cc1ccc(F)cc1NC(=O)CSc1nnnn1-c1ccccc1. The van der Waals surface area contributed by atoms with Crippen LogP contribution in [0.5, 0.6) is 0 Å². The molecule has 0 saturated carbocycles. The summed E-state index contributed by atoms with van der Waals surface area (Å²) in [7, 11) is 0. The zero-order valence-electron chi connectivity index (χ0n) is 12.8. The smallest absolute Gasteiger partial charge is 0.234 e. The minimum Gasteiger partial charge on any atom is -0.325 e. The van der Waals surface area contributed by atoms with Gasteiger partial charge in [-0.1, -0.05) is 36.0 Å².